The highest BCUT2D eigenvalue weighted by Gasteiger charge is 2.31. The van der Waals surface area contributed by atoms with E-state index in [0.29, 0.717) is 52.4 Å². The van der Waals surface area contributed by atoms with Gasteiger partial charge in [-0.3, -0.25) is 4.79 Å². The molecule has 1 saturated heterocycles. The molecule has 1 atom stereocenters. The Labute approximate surface area is 262 Å². The van der Waals surface area contributed by atoms with Crippen molar-refractivity contribution in [2.45, 2.75) is 12.3 Å². The smallest absolute Gasteiger partial charge is 0.336 e. The number of fused-ring (bicyclic) bond motifs is 1. The number of piperazine rings is 1. The molecule has 1 aliphatic heterocycles. The Morgan fingerprint density at radius 2 is 1.42 bits per heavy atom. The molecule has 0 radical (unpaired) electrons. The highest BCUT2D eigenvalue weighted by atomic mass is 16.5. The monoisotopic (exact) mass is 604 g/mol. The molecule has 0 N–H and O–H groups in total. The quantitative estimate of drug-likeness (QED) is 0.181. The minimum Gasteiger partial charge on any atom is -0.497 e. The van der Waals surface area contributed by atoms with E-state index in [1.807, 2.05) is 83.8 Å². The summed E-state index contributed by atoms with van der Waals surface area (Å²) in [5.41, 5.74) is 3.99. The number of methoxy groups -OCH3 is 3. The normalized spacial score (nSPS) is 13.8. The summed E-state index contributed by atoms with van der Waals surface area (Å²) < 4.78 is 23.2. The molecule has 230 valence electrons. The van der Waals surface area contributed by atoms with Crippen LogP contribution in [0.2, 0.25) is 0 Å². The van der Waals surface area contributed by atoms with E-state index in [1.165, 1.54) is 6.07 Å². The molecule has 0 unspecified atom stereocenters. The fourth-order valence-electron chi connectivity index (χ4n) is 6.19. The zero-order valence-corrected chi connectivity index (χ0v) is 25.7. The molecule has 0 spiro atoms. The molecule has 0 aliphatic carbocycles. The number of ether oxygens (including phenoxy) is 3. The zero-order valence-electron chi connectivity index (χ0n) is 25.7. The molecule has 8 heteroatoms. The maximum absolute atomic E-state index is 14.1. The van der Waals surface area contributed by atoms with E-state index in [2.05, 4.69) is 17.0 Å². The summed E-state index contributed by atoms with van der Waals surface area (Å²) in [5, 5.41) is 0.640. The second-order valence-corrected chi connectivity index (χ2v) is 11.0. The van der Waals surface area contributed by atoms with Crippen molar-refractivity contribution in [2.24, 2.45) is 0 Å². The average Bonchev–Trinajstić information content (AvgIpc) is 3.10. The summed E-state index contributed by atoms with van der Waals surface area (Å²) in [7, 11) is 4.76. The van der Waals surface area contributed by atoms with Crippen LogP contribution in [0.1, 0.15) is 23.5 Å². The summed E-state index contributed by atoms with van der Waals surface area (Å²) in [6.07, 6.45) is 0.148. The lowest BCUT2D eigenvalue weighted by molar-refractivity contribution is -0.131. The van der Waals surface area contributed by atoms with Crippen molar-refractivity contribution in [1.29, 1.82) is 0 Å². The summed E-state index contributed by atoms with van der Waals surface area (Å²) >= 11 is 0. The first kappa shape index (κ1) is 29.8. The molecule has 0 bridgehead atoms. The molecule has 0 saturated carbocycles. The number of nitrogens with zero attached hydrogens (tertiary/aromatic N) is 2. The first-order valence-electron chi connectivity index (χ1n) is 15.0. The highest BCUT2D eigenvalue weighted by Crippen LogP contribution is 2.46. The second-order valence-electron chi connectivity index (χ2n) is 11.0. The molecule has 45 heavy (non-hydrogen) atoms. The van der Waals surface area contributed by atoms with Gasteiger partial charge in [0, 0.05) is 67.5 Å². The number of carbonyl (C=O) groups excluding carboxylic acids is 1. The molecule has 8 nitrogen and oxygen atoms in total. The largest absolute Gasteiger partial charge is 0.497 e. The Morgan fingerprint density at radius 1 is 0.778 bits per heavy atom. The summed E-state index contributed by atoms with van der Waals surface area (Å²) in [4.78, 5) is 31.4. The second kappa shape index (κ2) is 13.2. The lowest BCUT2D eigenvalue weighted by atomic mass is 9.85. The maximum atomic E-state index is 14.1. The molecule has 1 amide bonds. The van der Waals surface area contributed by atoms with Crippen LogP contribution in [0.4, 0.5) is 5.69 Å². The van der Waals surface area contributed by atoms with Gasteiger partial charge >= 0.3 is 5.63 Å². The van der Waals surface area contributed by atoms with Gasteiger partial charge in [-0.2, -0.15) is 0 Å². The van der Waals surface area contributed by atoms with Crippen molar-refractivity contribution in [3.05, 3.63) is 119 Å². The van der Waals surface area contributed by atoms with Crippen molar-refractivity contribution < 1.29 is 23.4 Å². The Kier molecular flexibility index (Phi) is 8.73. The number of anilines is 1. The van der Waals surface area contributed by atoms with Gasteiger partial charge in [0.05, 0.1) is 26.7 Å². The van der Waals surface area contributed by atoms with E-state index in [-0.39, 0.29) is 12.3 Å². The Hall–Kier alpha value is -5.24. The third kappa shape index (κ3) is 6.09. The molecule has 2 heterocycles. The van der Waals surface area contributed by atoms with E-state index in [0.717, 1.165) is 29.9 Å². The third-order valence-corrected chi connectivity index (χ3v) is 8.50. The number of hydrogen-bond acceptors (Lipinski definition) is 7. The van der Waals surface area contributed by atoms with E-state index in [4.69, 9.17) is 18.6 Å². The number of amides is 1. The van der Waals surface area contributed by atoms with Crippen LogP contribution in [-0.4, -0.2) is 58.3 Å². The van der Waals surface area contributed by atoms with Gasteiger partial charge in [0.2, 0.25) is 5.91 Å². The fraction of sp³-hybridized carbons (Fsp3) is 0.243. The number of hydrogen-bond donors (Lipinski definition) is 0. The molecular weight excluding hydrogens is 568 g/mol. The fourth-order valence-corrected chi connectivity index (χ4v) is 6.19. The van der Waals surface area contributed by atoms with E-state index >= 15 is 0 Å². The Morgan fingerprint density at radius 3 is 2.04 bits per heavy atom. The third-order valence-electron chi connectivity index (χ3n) is 8.50. The van der Waals surface area contributed by atoms with Crippen LogP contribution >= 0.6 is 0 Å². The number of rotatable bonds is 9. The molecule has 4 aromatic carbocycles. The maximum Gasteiger partial charge on any atom is 0.336 e. The van der Waals surface area contributed by atoms with Crippen molar-refractivity contribution >= 4 is 22.6 Å². The lowest BCUT2D eigenvalue weighted by Gasteiger charge is -2.37. The van der Waals surface area contributed by atoms with E-state index in [9.17, 15) is 9.59 Å². The Balaban J connectivity index is 1.45. The van der Waals surface area contributed by atoms with Crippen molar-refractivity contribution in [3.8, 4) is 28.4 Å². The van der Waals surface area contributed by atoms with Crippen molar-refractivity contribution in [3.63, 3.8) is 0 Å². The van der Waals surface area contributed by atoms with Gasteiger partial charge in [-0.25, -0.2) is 4.79 Å². The van der Waals surface area contributed by atoms with Crippen LogP contribution in [0.5, 0.6) is 17.2 Å². The summed E-state index contributed by atoms with van der Waals surface area (Å²) in [5.74, 6) is 1.19. The van der Waals surface area contributed by atoms with Crippen LogP contribution in [0, 0.1) is 0 Å². The first-order valence-corrected chi connectivity index (χ1v) is 15.0. The summed E-state index contributed by atoms with van der Waals surface area (Å²) in [6.45, 7) is 2.70. The van der Waals surface area contributed by atoms with Crippen molar-refractivity contribution in [1.82, 2.24) is 4.90 Å². The number of carbonyl (C=O) groups is 1. The minimum atomic E-state index is -0.505. The first-order chi connectivity index (χ1) is 22.0. The number of benzene rings is 4. The van der Waals surface area contributed by atoms with E-state index in [1.54, 1.807) is 21.3 Å². The van der Waals surface area contributed by atoms with Crippen LogP contribution in [0.25, 0.3) is 22.1 Å². The standard InChI is InChI=1S/C37H36N2O6/c1-42-28-16-14-26(15-17-28)29(22-33(40)39-20-18-38(19-21-39)27-12-8-5-9-13-27)35-31(43-2)24-32(44-3)36-30(23-34(41)45-37(35)36)25-10-6-4-7-11-25/h4-17,23-24,29H,18-22H2,1-3H3/t29-/m1/s1. The molecular formula is C37H36N2O6. The lowest BCUT2D eigenvalue weighted by Crippen LogP contribution is -2.49. The van der Waals surface area contributed by atoms with Gasteiger partial charge in [-0.1, -0.05) is 60.7 Å². The molecule has 6 rings (SSSR count). The number of para-hydroxylation sites is 1. The van der Waals surface area contributed by atoms with Gasteiger partial charge in [-0.15, -0.1) is 0 Å². The van der Waals surface area contributed by atoms with Crippen LogP contribution < -0.4 is 24.7 Å². The van der Waals surface area contributed by atoms with Gasteiger partial charge in [0.25, 0.3) is 0 Å². The molecule has 1 aliphatic rings. The van der Waals surface area contributed by atoms with Gasteiger partial charge in [0.1, 0.15) is 22.8 Å². The minimum absolute atomic E-state index is 0.0103. The van der Waals surface area contributed by atoms with Crippen molar-refractivity contribution in [2.75, 3.05) is 52.4 Å². The van der Waals surface area contributed by atoms with Gasteiger partial charge < -0.3 is 28.4 Å². The highest BCUT2D eigenvalue weighted by molar-refractivity contribution is 6.01. The van der Waals surface area contributed by atoms with E-state index < -0.39 is 11.5 Å². The summed E-state index contributed by atoms with van der Waals surface area (Å²) in [6, 6.07) is 30.8. The topological polar surface area (TPSA) is 81.5 Å². The predicted octanol–water partition coefficient (Wildman–Crippen LogP) is 6.36. The van der Waals surface area contributed by atoms with Crippen LogP contribution in [0.3, 0.4) is 0 Å². The zero-order chi connectivity index (χ0) is 31.3. The SMILES string of the molecule is COc1ccc([C@@H](CC(=O)N2CCN(c3ccccc3)CC2)c2c(OC)cc(OC)c3c(-c4ccccc4)cc(=O)oc23)cc1. The Bertz CT molecular complexity index is 1830. The van der Waals surface area contributed by atoms with Gasteiger partial charge in [-0.05, 0) is 35.4 Å². The molecule has 5 aromatic rings. The molecule has 1 aromatic heterocycles. The molecule has 1 fully saturated rings. The predicted molar refractivity (Wildman–Crippen MR) is 176 cm³/mol. The average molecular weight is 605 g/mol. The van der Waals surface area contributed by atoms with Gasteiger partial charge in [0.15, 0.2) is 0 Å². The van der Waals surface area contributed by atoms with Crippen LogP contribution in [0.15, 0.2) is 106 Å². The van der Waals surface area contributed by atoms with Crippen LogP contribution in [-0.2, 0) is 4.79 Å².